The molecule has 116 valence electrons. The number of carboxylic acid groups (broad SMARTS) is 1. The summed E-state index contributed by atoms with van der Waals surface area (Å²) in [4.78, 5) is 27.2. The second-order valence-electron chi connectivity index (χ2n) is 5.71. The number of nitrogens with one attached hydrogen (secondary N) is 1. The Kier molecular flexibility index (Phi) is 4.59. The number of aromatic nitrogens is 2. The predicted molar refractivity (Wildman–Crippen MR) is 73.7 cm³/mol. The van der Waals surface area contributed by atoms with Crippen LogP contribution in [-0.2, 0) is 16.0 Å². The maximum Gasteiger partial charge on any atom is 0.329 e. The first-order chi connectivity index (χ1) is 9.94. The van der Waals surface area contributed by atoms with Gasteiger partial charge in [0, 0.05) is 18.8 Å². The molecule has 21 heavy (non-hydrogen) atoms. The minimum Gasteiger partial charge on any atom is -0.480 e. The Morgan fingerprint density at radius 1 is 1.48 bits per heavy atom. The van der Waals surface area contributed by atoms with Crippen LogP contribution >= 0.6 is 0 Å². The van der Waals surface area contributed by atoms with E-state index in [0.717, 1.165) is 18.7 Å². The van der Waals surface area contributed by atoms with Gasteiger partial charge in [0.25, 0.3) is 0 Å². The summed E-state index contributed by atoms with van der Waals surface area (Å²) in [6.45, 7) is 3.24. The lowest BCUT2D eigenvalue weighted by atomic mass is 9.99. The van der Waals surface area contributed by atoms with E-state index >= 15 is 0 Å². The largest absolute Gasteiger partial charge is 0.480 e. The second-order valence-corrected chi connectivity index (χ2v) is 5.71. The lowest BCUT2D eigenvalue weighted by Gasteiger charge is -2.24. The maximum atomic E-state index is 11.8. The molecule has 7 nitrogen and oxygen atoms in total. The average molecular weight is 295 g/mol. The van der Waals surface area contributed by atoms with E-state index < -0.39 is 11.5 Å². The van der Waals surface area contributed by atoms with Crippen LogP contribution in [0.25, 0.3) is 0 Å². The summed E-state index contributed by atoms with van der Waals surface area (Å²) < 4.78 is 5.12. The molecule has 7 heteroatoms. The van der Waals surface area contributed by atoms with Crippen LogP contribution in [0.5, 0.6) is 0 Å². The molecule has 1 atom stereocenters. The van der Waals surface area contributed by atoms with Crippen LogP contribution in [-0.4, -0.2) is 32.7 Å². The van der Waals surface area contributed by atoms with Gasteiger partial charge in [-0.3, -0.25) is 4.79 Å². The SMILES string of the molecule is CCC(C)(NC(=O)CCCc1nc(C2CC2)no1)C(=O)O. The Balaban J connectivity index is 1.74. The molecule has 2 N–H and O–H groups in total. The fourth-order valence-electron chi connectivity index (χ4n) is 1.94. The molecule has 0 spiro atoms. The Morgan fingerprint density at radius 2 is 2.19 bits per heavy atom. The van der Waals surface area contributed by atoms with Crippen molar-refractivity contribution in [3.8, 4) is 0 Å². The average Bonchev–Trinajstić information content (AvgIpc) is 3.18. The minimum atomic E-state index is -1.21. The summed E-state index contributed by atoms with van der Waals surface area (Å²) in [6, 6.07) is 0. The van der Waals surface area contributed by atoms with Gasteiger partial charge in [-0.1, -0.05) is 12.1 Å². The molecule has 1 aliphatic rings. The van der Waals surface area contributed by atoms with E-state index in [9.17, 15) is 9.59 Å². The highest BCUT2D eigenvalue weighted by molar-refractivity contribution is 5.86. The molecule has 1 aliphatic carbocycles. The Morgan fingerprint density at radius 3 is 2.76 bits per heavy atom. The second kappa shape index (κ2) is 6.24. The summed E-state index contributed by atoms with van der Waals surface area (Å²) in [5.41, 5.74) is -1.21. The van der Waals surface area contributed by atoms with Gasteiger partial charge >= 0.3 is 5.97 Å². The van der Waals surface area contributed by atoms with Crippen molar-refractivity contribution in [2.45, 2.75) is 63.8 Å². The fourth-order valence-corrected chi connectivity index (χ4v) is 1.94. The smallest absolute Gasteiger partial charge is 0.329 e. The Bertz CT molecular complexity index is 524. The van der Waals surface area contributed by atoms with Crippen molar-refractivity contribution in [3.05, 3.63) is 11.7 Å². The first kappa shape index (κ1) is 15.5. The van der Waals surface area contributed by atoms with Gasteiger partial charge in [-0.05, 0) is 32.6 Å². The minimum absolute atomic E-state index is 0.240. The van der Waals surface area contributed by atoms with Gasteiger partial charge in [0.05, 0.1) is 0 Å². The molecule has 1 aromatic rings. The van der Waals surface area contributed by atoms with Crippen LogP contribution in [0.1, 0.15) is 63.6 Å². The van der Waals surface area contributed by atoms with E-state index in [2.05, 4.69) is 15.5 Å². The zero-order valence-corrected chi connectivity index (χ0v) is 12.4. The van der Waals surface area contributed by atoms with Crippen molar-refractivity contribution >= 4 is 11.9 Å². The van der Waals surface area contributed by atoms with Crippen molar-refractivity contribution in [2.75, 3.05) is 0 Å². The monoisotopic (exact) mass is 295 g/mol. The number of carbonyl (C=O) groups excluding carboxylic acids is 1. The first-order valence-electron chi connectivity index (χ1n) is 7.31. The zero-order chi connectivity index (χ0) is 15.5. The lowest BCUT2D eigenvalue weighted by Crippen LogP contribution is -2.51. The number of hydrogen-bond donors (Lipinski definition) is 2. The van der Waals surface area contributed by atoms with Crippen LogP contribution in [0, 0.1) is 0 Å². The molecule has 1 amide bonds. The van der Waals surface area contributed by atoms with E-state index in [-0.39, 0.29) is 12.3 Å². The normalized spacial score (nSPS) is 17.2. The highest BCUT2D eigenvalue weighted by Gasteiger charge is 2.32. The van der Waals surface area contributed by atoms with Crippen molar-refractivity contribution in [1.82, 2.24) is 15.5 Å². The molecule has 0 aromatic carbocycles. The third kappa shape index (κ3) is 4.03. The van der Waals surface area contributed by atoms with Gasteiger partial charge in [0.2, 0.25) is 11.8 Å². The number of carboxylic acids is 1. The van der Waals surface area contributed by atoms with Gasteiger partial charge in [-0.15, -0.1) is 0 Å². The van der Waals surface area contributed by atoms with E-state index in [4.69, 9.17) is 9.63 Å². The van der Waals surface area contributed by atoms with E-state index in [1.165, 1.54) is 6.92 Å². The van der Waals surface area contributed by atoms with Crippen molar-refractivity contribution in [2.24, 2.45) is 0 Å². The zero-order valence-electron chi connectivity index (χ0n) is 12.4. The van der Waals surface area contributed by atoms with E-state index in [1.54, 1.807) is 6.92 Å². The standard InChI is InChI=1S/C14H21N3O4/c1-3-14(2,13(19)20)16-10(18)5-4-6-11-15-12(17-21-11)9-7-8-9/h9H,3-8H2,1-2H3,(H,16,18)(H,19,20). The molecule has 0 aliphatic heterocycles. The predicted octanol–water partition coefficient (Wildman–Crippen LogP) is 1.64. The lowest BCUT2D eigenvalue weighted by molar-refractivity contribution is -0.147. The number of hydrogen-bond acceptors (Lipinski definition) is 5. The molecule has 0 bridgehead atoms. The molecule has 0 radical (unpaired) electrons. The van der Waals surface area contributed by atoms with Gasteiger partial charge in [-0.2, -0.15) is 4.98 Å². The Hall–Kier alpha value is -1.92. The molecule has 1 saturated carbocycles. The topological polar surface area (TPSA) is 105 Å². The van der Waals surface area contributed by atoms with Crippen LogP contribution in [0.15, 0.2) is 4.52 Å². The van der Waals surface area contributed by atoms with Crippen molar-refractivity contribution in [3.63, 3.8) is 0 Å². The summed E-state index contributed by atoms with van der Waals surface area (Å²) in [5.74, 6) is 0.458. The fraction of sp³-hybridized carbons (Fsp3) is 0.714. The van der Waals surface area contributed by atoms with Crippen molar-refractivity contribution < 1.29 is 19.2 Å². The number of aliphatic carboxylic acids is 1. The number of nitrogens with zero attached hydrogens (tertiary/aromatic N) is 2. The molecule has 2 rings (SSSR count). The molecule has 0 saturated heterocycles. The van der Waals surface area contributed by atoms with Crippen LogP contribution in [0.2, 0.25) is 0 Å². The highest BCUT2D eigenvalue weighted by Crippen LogP contribution is 2.38. The number of aryl methyl sites for hydroxylation is 1. The first-order valence-corrected chi connectivity index (χ1v) is 7.31. The van der Waals surface area contributed by atoms with Gasteiger partial charge in [0.1, 0.15) is 5.54 Å². The molecule has 1 unspecified atom stereocenters. The highest BCUT2D eigenvalue weighted by atomic mass is 16.5. The van der Waals surface area contributed by atoms with E-state index in [1.807, 2.05) is 0 Å². The molecule has 1 heterocycles. The number of rotatable bonds is 8. The summed E-state index contributed by atoms with van der Waals surface area (Å²) in [6.07, 6.45) is 3.89. The quantitative estimate of drug-likeness (QED) is 0.755. The Labute approximate surface area is 123 Å². The van der Waals surface area contributed by atoms with E-state index in [0.29, 0.717) is 31.1 Å². The van der Waals surface area contributed by atoms with Gasteiger partial charge < -0.3 is 14.9 Å². The third-order valence-electron chi connectivity index (χ3n) is 3.82. The maximum absolute atomic E-state index is 11.8. The molecular weight excluding hydrogens is 274 g/mol. The number of carbonyl (C=O) groups is 2. The third-order valence-corrected chi connectivity index (χ3v) is 3.82. The van der Waals surface area contributed by atoms with Crippen molar-refractivity contribution in [1.29, 1.82) is 0 Å². The molecule has 1 aromatic heterocycles. The molecule has 1 fully saturated rings. The summed E-state index contributed by atoms with van der Waals surface area (Å²) in [5, 5.41) is 15.6. The van der Waals surface area contributed by atoms with Gasteiger partial charge in [-0.25, -0.2) is 4.79 Å². The number of amides is 1. The van der Waals surface area contributed by atoms with Crippen LogP contribution in [0.4, 0.5) is 0 Å². The van der Waals surface area contributed by atoms with Gasteiger partial charge in [0.15, 0.2) is 5.82 Å². The summed E-state index contributed by atoms with van der Waals surface area (Å²) >= 11 is 0. The van der Waals surface area contributed by atoms with Crippen LogP contribution < -0.4 is 5.32 Å². The summed E-state index contributed by atoms with van der Waals surface area (Å²) in [7, 11) is 0. The molecular formula is C14H21N3O4. The van der Waals surface area contributed by atoms with Crippen LogP contribution in [0.3, 0.4) is 0 Å².